The van der Waals surface area contributed by atoms with Crippen molar-refractivity contribution in [3.8, 4) is 0 Å². The molecule has 106 valence electrons. The Balaban J connectivity index is 3.25. The lowest BCUT2D eigenvalue weighted by Gasteiger charge is -2.19. The maximum atomic E-state index is 12.4. The van der Waals surface area contributed by atoms with E-state index < -0.39 is 21.8 Å². The molecule has 0 saturated heterocycles. The number of carboxylic acids is 1. The van der Waals surface area contributed by atoms with Crippen LogP contribution < -0.4 is 0 Å². The summed E-state index contributed by atoms with van der Waals surface area (Å²) in [4.78, 5) is 10.6. The number of halogens is 1. The van der Waals surface area contributed by atoms with Gasteiger partial charge < -0.3 is 9.52 Å². The molecule has 0 radical (unpaired) electrons. The number of nitrogens with zero attached hydrogens (tertiary/aromatic N) is 1. The molecule has 1 rings (SSSR count). The summed E-state index contributed by atoms with van der Waals surface area (Å²) >= 11 is 2.93. The van der Waals surface area contributed by atoms with Gasteiger partial charge in [0.1, 0.15) is 4.90 Å². The summed E-state index contributed by atoms with van der Waals surface area (Å²) < 4.78 is 30.6. The van der Waals surface area contributed by atoms with E-state index in [4.69, 9.17) is 9.52 Å². The second-order valence-electron chi connectivity index (χ2n) is 3.94. The Kier molecular flexibility index (Phi) is 4.94. The first-order valence-electron chi connectivity index (χ1n) is 5.37. The van der Waals surface area contributed by atoms with Gasteiger partial charge in [-0.05, 0) is 22.9 Å². The minimum absolute atomic E-state index is 0.120. The van der Waals surface area contributed by atoms with Gasteiger partial charge in [0.25, 0.3) is 0 Å². The molecule has 0 aromatic carbocycles. The molecule has 0 bridgehead atoms. The van der Waals surface area contributed by atoms with Gasteiger partial charge in [-0.25, -0.2) is 13.2 Å². The molecular formula is C11H14BrNO5S. The van der Waals surface area contributed by atoms with Gasteiger partial charge in [-0.1, -0.05) is 19.1 Å². The number of likely N-dealkylation sites (N-methyl/N-ethyl adjacent to an activating group) is 1. The van der Waals surface area contributed by atoms with Crippen LogP contribution in [0.2, 0.25) is 0 Å². The summed E-state index contributed by atoms with van der Waals surface area (Å²) in [5.74, 6) is -1.76. The standard InChI is InChI=1S/C11H14BrNO5S/c1-4-13(6-7(2)3)19(16,17)9-5-8(11(14)15)18-10(9)12/h5H,2,4,6H2,1,3H3,(H,14,15). The molecule has 0 unspecified atom stereocenters. The predicted octanol–water partition coefficient (Wildman–Crippen LogP) is 2.33. The van der Waals surface area contributed by atoms with E-state index in [-0.39, 0.29) is 22.7 Å². The van der Waals surface area contributed by atoms with Crippen molar-refractivity contribution in [3.05, 3.63) is 28.6 Å². The Morgan fingerprint density at radius 3 is 2.53 bits per heavy atom. The first kappa shape index (κ1) is 15.9. The maximum Gasteiger partial charge on any atom is 0.371 e. The summed E-state index contributed by atoms with van der Waals surface area (Å²) in [6.45, 7) is 7.48. The fourth-order valence-electron chi connectivity index (χ4n) is 1.44. The SMILES string of the molecule is C=C(C)CN(CC)S(=O)(=O)c1cc(C(=O)O)oc1Br. The normalized spacial score (nSPS) is 11.8. The second kappa shape index (κ2) is 5.89. The largest absolute Gasteiger partial charge is 0.475 e. The van der Waals surface area contributed by atoms with E-state index in [1.807, 2.05) is 0 Å². The van der Waals surface area contributed by atoms with Crippen molar-refractivity contribution >= 4 is 31.9 Å². The van der Waals surface area contributed by atoms with E-state index in [1.165, 1.54) is 4.31 Å². The van der Waals surface area contributed by atoms with Crippen LogP contribution >= 0.6 is 15.9 Å². The smallest absolute Gasteiger partial charge is 0.371 e. The summed E-state index contributed by atoms with van der Waals surface area (Å²) in [5.41, 5.74) is 0.684. The van der Waals surface area contributed by atoms with Crippen LogP contribution in [0.3, 0.4) is 0 Å². The number of carbonyl (C=O) groups is 1. The lowest BCUT2D eigenvalue weighted by molar-refractivity contribution is 0.0661. The van der Waals surface area contributed by atoms with Crippen LogP contribution in [0.5, 0.6) is 0 Å². The number of furan rings is 1. The molecule has 0 aliphatic heterocycles. The summed E-state index contributed by atoms with van der Waals surface area (Å²) in [6, 6.07) is 0.989. The van der Waals surface area contributed by atoms with Gasteiger partial charge in [0, 0.05) is 19.2 Å². The monoisotopic (exact) mass is 351 g/mol. The van der Waals surface area contributed by atoms with Crippen LogP contribution in [0.15, 0.2) is 32.2 Å². The summed E-state index contributed by atoms with van der Waals surface area (Å²) in [7, 11) is -3.82. The van der Waals surface area contributed by atoms with E-state index >= 15 is 0 Å². The van der Waals surface area contributed by atoms with Crippen LogP contribution in [0.4, 0.5) is 0 Å². The molecule has 0 atom stereocenters. The fourth-order valence-corrected chi connectivity index (χ4v) is 3.85. The third kappa shape index (κ3) is 3.46. The number of hydrogen-bond acceptors (Lipinski definition) is 4. The number of aromatic carboxylic acids is 1. The number of rotatable bonds is 6. The van der Waals surface area contributed by atoms with Crippen molar-refractivity contribution in [2.24, 2.45) is 0 Å². The lowest BCUT2D eigenvalue weighted by Crippen LogP contribution is -2.32. The molecule has 0 aliphatic carbocycles. The van der Waals surface area contributed by atoms with Crippen LogP contribution in [-0.2, 0) is 10.0 Å². The molecule has 1 heterocycles. The van der Waals surface area contributed by atoms with Gasteiger partial charge >= 0.3 is 5.97 Å². The molecule has 0 aliphatic rings. The highest BCUT2D eigenvalue weighted by atomic mass is 79.9. The summed E-state index contributed by atoms with van der Waals surface area (Å²) in [6.07, 6.45) is 0. The third-order valence-electron chi connectivity index (χ3n) is 2.28. The highest BCUT2D eigenvalue weighted by Gasteiger charge is 2.29. The van der Waals surface area contributed by atoms with Gasteiger partial charge in [0.05, 0.1) is 0 Å². The van der Waals surface area contributed by atoms with E-state index in [2.05, 4.69) is 22.5 Å². The molecule has 1 aromatic heterocycles. The topological polar surface area (TPSA) is 87.8 Å². The summed E-state index contributed by atoms with van der Waals surface area (Å²) in [5, 5.41) is 8.79. The Morgan fingerprint density at radius 2 is 2.16 bits per heavy atom. The van der Waals surface area contributed by atoms with Gasteiger partial charge in [0.2, 0.25) is 15.8 Å². The van der Waals surface area contributed by atoms with Crippen molar-refractivity contribution in [3.63, 3.8) is 0 Å². The number of carboxylic acid groups (broad SMARTS) is 1. The molecular weight excluding hydrogens is 338 g/mol. The minimum atomic E-state index is -3.82. The third-order valence-corrected chi connectivity index (χ3v) is 5.06. The zero-order valence-electron chi connectivity index (χ0n) is 10.5. The first-order chi connectivity index (χ1) is 8.70. The molecule has 0 spiro atoms. The highest BCUT2D eigenvalue weighted by molar-refractivity contribution is 9.10. The molecule has 19 heavy (non-hydrogen) atoms. The van der Waals surface area contributed by atoms with Crippen LogP contribution in [0, 0.1) is 0 Å². The van der Waals surface area contributed by atoms with Crippen molar-refractivity contribution in [2.75, 3.05) is 13.1 Å². The minimum Gasteiger partial charge on any atom is -0.475 e. The molecule has 8 heteroatoms. The highest BCUT2D eigenvalue weighted by Crippen LogP contribution is 2.29. The van der Waals surface area contributed by atoms with E-state index in [0.717, 1.165) is 6.07 Å². The molecule has 0 fully saturated rings. The Labute approximate surface area is 119 Å². The molecule has 1 aromatic rings. The van der Waals surface area contributed by atoms with E-state index in [9.17, 15) is 13.2 Å². The first-order valence-corrected chi connectivity index (χ1v) is 7.60. The molecule has 1 N–H and O–H groups in total. The van der Waals surface area contributed by atoms with Gasteiger partial charge in [-0.3, -0.25) is 0 Å². The zero-order valence-corrected chi connectivity index (χ0v) is 12.9. The number of hydrogen-bond donors (Lipinski definition) is 1. The van der Waals surface area contributed by atoms with E-state index in [1.54, 1.807) is 13.8 Å². The van der Waals surface area contributed by atoms with E-state index in [0.29, 0.717) is 5.57 Å². The van der Waals surface area contributed by atoms with Crippen molar-refractivity contribution in [1.29, 1.82) is 0 Å². The Bertz CT molecular complexity index is 605. The van der Waals surface area contributed by atoms with Crippen molar-refractivity contribution < 1.29 is 22.7 Å². The van der Waals surface area contributed by atoms with Crippen LogP contribution in [0.1, 0.15) is 24.4 Å². The number of sulfonamides is 1. The van der Waals surface area contributed by atoms with Crippen molar-refractivity contribution in [2.45, 2.75) is 18.7 Å². The Morgan fingerprint density at radius 1 is 1.58 bits per heavy atom. The fraction of sp³-hybridized carbons (Fsp3) is 0.364. The average molecular weight is 352 g/mol. The van der Waals surface area contributed by atoms with Gasteiger partial charge in [-0.15, -0.1) is 0 Å². The average Bonchev–Trinajstić information content (AvgIpc) is 2.68. The molecule has 6 nitrogen and oxygen atoms in total. The quantitative estimate of drug-likeness (QED) is 0.794. The van der Waals surface area contributed by atoms with Crippen LogP contribution in [-0.4, -0.2) is 36.9 Å². The van der Waals surface area contributed by atoms with Gasteiger partial charge in [0.15, 0.2) is 4.67 Å². The van der Waals surface area contributed by atoms with Crippen LogP contribution in [0.25, 0.3) is 0 Å². The molecule has 0 saturated carbocycles. The maximum absolute atomic E-state index is 12.4. The van der Waals surface area contributed by atoms with Gasteiger partial charge in [-0.2, -0.15) is 4.31 Å². The van der Waals surface area contributed by atoms with Crippen molar-refractivity contribution in [1.82, 2.24) is 4.31 Å². The lowest BCUT2D eigenvalue weighted by atomic mass is 10.3. The Hall–Kier alpha value is -1.12. The zero-order chi connectivity index (χ0) is 14.8. The predicted molar refractivity (Wildman–Crippen MR) is 72.6 cm³/mol. The second-order valence-corrected chi connectivity index (χ2v) is 6.57. The molecule has 0 amide bonds.